The minimum Gasteiger partial charge on any atom is -0.476 e. The van der Waals surface area contributed by atoms with Gasteiger partial charge in [-0.2, -0.15) is 0 Å². The quantitative estimate of drug-likeness (QED) is 0.842. The van der Waals surface area contributed by atoms with E-state index in [-0.39, 0.29) is 18.0 Å². The first-order valence-corrected chi connectivity index (χ1v) is 9.79. The lowest BCUT2D eigenvalue weighted by molar-refractivity contribution is -0.127. The molecular formula is C18H18F2N2O4S. The van der Waals surface area contributed by atoms with Gasteiger partial charge >= 0.3 is 0 Å². The third-order valence-electron chi connectivity index (χ3n) is 4.00. The Kier molecular flexibility index (Phi) is 5.31. The van der Waals surface area contributed by atoms with Crippen LogP contribution in [0.1, 0.15) is 13.3 Å². The Morgan fingerprint density at radius 1 is 1.22 bits per heavy atom. The van der Waals surface area contributed by atoms with Crippen molar-refractivity contribution in [3.63, 3.8) is 0 Å². The third kappa shape index (κ3) is 3.87. The molecule has 1 aliphatic heterocycles. The van der Waals surface area contributed by atoms with Gasteiger partial charge in [-0.15, -0.1) is 0 Å². The van der Waals surface area contributed by atoms with Gasteiger partial charge in [0.25, 0.3) is 15.9 Å². The summed E-state index contributed by atoms with van der Waals surface area (Å²) in [4.78, 5) is 11.8. The van der Waals surface area contributed by atoms with Crippen molar-refractivity contribution in [3.05, 3.63) is 54.1 Å². The van der Waals surface area contributed by atoms with Crippen LogP contribution in [0, 0.1) is 11.6 Å². The molecule has 0 unspecified atom stereocenters. The Hall–Kier alpha value is -2.68. The predicted molar refractivity (Wildman–Crippen MR) is 95.0 cm³/mol. The van der Waals surface area contributed by atoms with Crippen molar-refractivity contribution in [2.75, 3.05) is 17.4 Å². The Morgan fingerprint density at radius 3 is 2.56 bits per heavy atom. The molecule has 3 rings (SSSR count). The van der Waals surface area contributed by atoms with E-state index in [0.29, 0.717) is 19.0 Å². The van der Waals surface area contributed by atoms with Gasteiger partial charge in [-0.25, -0.2) is 17.2 Å². The molecule has 1 amide bonds. The summed E-state index contributed by atoms with van der Waals surface area (Å²) in [5.74, 6) is -2.28. The van der Waals surface area contributed by atoms with E-state index in [1.54, 1.807) is 12.1 Å². The number of benzene rings is 2. The number of para-hydroxylation sites is 2. The van der Waals surface area contributed by atoms with Crippen LogP contribution in [0.2, 0.25) is 0 Å². The number of nitrogens with zero attached hydrogens (tertiary/aromatic N) is 1. The average Bonchev–Trinajstić information content (AvgIpc) is 2.64. The maximum Gasteiger partial charge on any atom is 0.264 e. The van der Waals surface area contributed by atoms with Crippen LogP contribution in [-0.2, 0) is 14.8 Å². The molecule has 144 valence electrons. The van der Waals surface area contributed by atoms with Crippen molar-refractivity contribution in [3.8, 4) is 5.75 Å². The first-order valence-electron chi connectivity index (χ1n) is 8.35. The molecule has 0 spiro atoms. The summed E-state index contributed by atoms with van der Waals surface area (Å²) in [5.41, 5.74) is 0.196. The molecule has 6 nitrogen and oxygen atoms in total. The van der Waals surface area contributed by atoms with Crippen LogP contribution in [0.15, 0.2) is 47.4 Å². The molecule has 0 radical (unpaired) electrons. The molecule has 1 N–H and O–H groups in total. The van der Waals surface area contributed by atoms with E-state index < -0.39 is 38.6 Å². The monoisotopic (exact) mass is 396 g/mol. The number of carbonyl (C=O) groups excluding carboxylic acids is 1. The van der Waals surface area contributed by atoms with Crippen molar-refractivity contribution in [2.45, 2.75) is 24.3 Å². The van der Waals surface area contributed by atoms with E-state index in [9.17, 15) is 22.0 Å². The predicted octanol–water partition coefficient (Wildman–Crippen LogP) is 2.45. The fraction of sp³-hybridized carbons (Fsp3) is 0.278. The molecule has 2 aromatic carbocycles. The molecule has 0 aromatic heterocycles. The van der Waals surface area contributed by atoms with Crippen molar-refractivity contribution in [1.29, 1.82) is 0 Å². The van der Waals surface area contributed by atoms with E-state index in [0.717, 1.165) is 16.4 Å². The second-order valence-corrected chi connectivity index (χ2v) is 7.87. The number of fused-ring (bicyclic) bond motifs is 1. The molecular weight excluding hydrogens is 378 g/mol. The fourth-order valence-corrected chi connectivity index (χ4v) is 4.25. The van der Waals surface area contributed by atoms with Gasteiger partial charge in [0.05, 0.1) is 17.1 Å². The summed E-state index contributed by atoms with van der Waals surface area (Å²) >= 11 is 0. The summed E-state index contributed by atoms with van der Waals surface area (Å²) in [6, 6.07) is 8.34. The molecule has 2 aromatic rings. The zero-order valence-electron chi connectivity index (χ0n) is 14.5. The lowest BCUT2D eigenvalue weighted by Gasteiger charge is -2.34. The number of amides is 1. The lowest BCUT2D eigenvalue weighted by atomic mass is 10.2. The van der Waals surface area contributed by atoms with Crippen LogP contribution in [0.4, 0.5) is 14.5 Å². The second-order valence-electron chi connectivity index (χ2n) is 6.01. The number of anilines is 1. The van der Waals surface area contributed by atoms with Crippen LogP contribution >= 0.6 is 0 Å². The summed E-state index contributed by atoms with van der Waals surface area (Å²) in [6.45, 7) is 1.99. The van der Waals surface area contributed by atoms with Crippen LogP contribution < -0.4 is 14.4 Å². The molecule has 0 aliphatic carbocycles. The Morgan fingerprint density at radius 2 is 1.89 bits per heavy atom. The smallest absolute Gasteiger partial charge is 0.264 e. The molecule has 1 heterocycles. The molecule has 9 heteroatoms. The molecule has 0 fully saturated rings. The number of hydrogen-bond acceptors (Lipinski definition) is 4. The Bertz CT molecular complexity index is 945. The molecule has 0 bridgehead atoms. The van der Waals surface area contributed by atoms with Crippen molar-refractivity contribution in [1.82, 2.24) is 5.32 Å². The normalized spacial score (nSPS) is 16.4. The maximum absolute atomic E-state index is 13.6. The van der Waals surface area contributed by atoms with Crippen molar-refractivity contribution in [2.24, 2.45) is 0 Å². The van der Waals surface area contributed by atoms with E-state index in [4.69, 9.17) is 4.74 Å². The average molecular weight is 396 g/mol. The zero-order valence-corrected chi connectivity index (χ0v) is 15.3. The van der Waals surface area contributed by atoms with Gasteiger partial charge < -0.3 is 10.1 Å². The van der Waals surface area contributed by atoms with Gasteiger partial charge in [-0.1, -0.05) is 19.1 Å². The number of halogens is 2. The molecule has 0 saturated carbocycles. The highest BCUT2D eigenvalue weighted by atomic mass is 32.2. The number of ether oxygens (including phenoxy) is 1. The lowest BCUT2D eigenvalue weighted by Crippen LogP contribution is -2.50. The summed E-state index contributed by atoms with van der Waals surface area (Å²) in [7, 11) is -4.31. The first-order chi connectivity index (χ1) is 12.8. The highest BCUT2D eigenvalue weighted by Gasteiger charge is 2.37. The number of hydrogen-bond donors (Lipinski definition) is 1. The standard InChI is InChI=1S/C18H18F2N2O4S/c1-2-7-21-18(23)17-11-22(15-5-3-4-6-16(15)26-17)27(24,25)14-9-12(19)8-13(20)10-14/h3-6,8-10,17H,2,7,11H2,1H3,(H,21,23)/t17-/m1/s1. The van der Waals surface area contributed by atoms with Gasteiger partial charge in [0.1, 0.15) is 17.4 Å². The van der Waals surface area contributed by atoms with Gasteiger partial charge in [-0.3, -0.25) is 9.10 Å². The fourth-order valence-electron chi connectivity index (χ4n) is 2.73. The van der Waals surface area contributed by atoms with Crippen LogP contribution in [0.5, 0.6) is 5.75 Å². The number of carbonyl (C=O) groups is 1. The first kappa shape index (κ1) is 19.1. The minimum absolute atomic E-state index is 0.195. The highest BCUT2D eigenvalue weighted by Crippen LogP contribution is 2.37. The molecule has 27 heavy (non-hydrogen) atoms. The van der Waals surface area contributed by atoms with Gasteiger partial charge in [0.2, 0.25) is 0 Å². The summed E-state index contributed by atoms with van der Waals surface area (Å²) in [6.07, 6.45) is -0.376. The topological polar surface area (TPSA) is 75.7 Å². The highest BCUT2D eigenvalue weighted by molar-refractivity contribution is 7.92. The van der Waals surface area contributed by atoms with Gasteiger partial charge in [-0.05, 0) is 30.7 Å². The number of nitrogens with one attached hydrogen (secondary N) is 1. The Labute approximate surface area is 155 Å². The zero-order chi connectivity index (χ0) is 19.6. The van der Waals surface area contributed by atoms with E-state index in [2.05, 4.69) is 5.32 Å². The van der Waals surface area contributed by atoms with Crippen LogP contribution in [-0.4, -0.2) is 33.5 Å². The van der Waals surface area contributed by atoms with Crippen molar-refractivity contribution < 1.29 is 26.7 Å². The van der Waals surface area contributed by atoms with Gasteiger partial charge in [0, 0.05) is 12.6 Å². The number of rotatable bonds is 5. The summed E-state index contributed by atoms with van der Waals surface area (Å²) < 4.78 is 59.8. The Balaban J connectivity index is 2.03. The molecule has 1 aliphatic rings. The van der Waals surface area contributed by atoms with Crippen molar-refractivity contribution >= 4 is 21.6 Å². The van der Waals surface area contributed by atoms with Crippen LogP contribution in [0.25, 0.3) is 0 Å². The molecule has 1 atom stereocenters. The van der Waals surface area contributed by atoms with E-state index in [1.165, 1.54) is 12.1 Å². The SMILES string of the molecule is CCCNC(=O)[C@H]1CN(S(=O)(=O)c2cc(F)cc(F)c2)c2ccccc2O1. The van der Waals surface area contributed by atoms with E-state index >= 15 is 0 Å². The van der Waals surface area contributed by atoms with E-state index in [1.807, 2.05) is 6.92 Å². The third-order valence-corrected chi connectivity index (χ3v) is 5.76. The van der Waals surface area contributed by atoms with Gasteiger partial charge in [0.15, 0.2) is 6.10 Å². The minimum atomic E-state index is -4.31. The maximum atomic E-state index is 13.6. The van der Waals surface area contributed by atoms with Crippen LogP contribution in [0.3, 0.4) is 0 Å². The second kappa shape index (κ2) is 7.51. The number of sulfonamides is 1. The summed E-state index contributed by atoms with van der Waals surface area (Å²) in [5, 5.41) is 2.66. The molecule has 0 saturated heterocycles. The largest absolute Gasteiger partial charge is 0.476 e.